The van der Waals surface area contributed by atoms with Gasteiger partial charge in [-0.25, -0.2) is 0 Å². The first kappa shape index (κ1) is 97.6. The zero-order valence-corrected chi connectivity index (χ0v) is 79.6. The number of Topliss-reactive ketones (excluding diaryl/α,β-unsaturated/α-hetero) is 4. The van der Waals surface area contributed by atoms with Crippen molar-refractivity contribution in [2.24, 2.45) is 0 Å². The lowest BCUT2D eigenvalue weighted by Crippen LogP contribution is -2.59. The van der Waals surface area contributed by atoms with E-state index in [-0.39, 0.29) is 83.0 Å². The first-order valence-electron chi connectivity index (χ1n) is 45.9. The molecule has 0 radical (unpaired) electrons. The Hall–Kier alpha value is -10.9. The Kier molecular flexibility index (Phi) is 30.3. The van der Waals surface area contributed by atoms with Crippen molar-refractivity contribution in [2.45, 2.75) is 206 Å². The molecule has 12 heterocycles. The maximum atomic E-state index is 13.3. The molecule has 8 aliphatic rings. The molecule has 4 amide bonds. The fourth-order valence-corrected chi connectivity index (χ4v) is 20.9. The van der Waals surface area contributed by atoms with E-state index in [0.717, 1.165) is 108 Å². The van der Waals surface area contributed by atoms with Gasteiger partial charge in [-0.3, -0.25) is 58.0 Å². The number of methoxy groups -OCH3 is 4. The van der Waals surface area contributed by atoms with Gasteiger partial charge in [-0.15, -0.1) is 0 Å². The summed E-state index contributed by atoms with van der Waals surface area (Å²) in [5.41, 5.74) is 7.63. The van der Waals surface area contributed by atoms with Crippen LogP contribution in [-0.4, -0.2) is 264 Å². The van der Waals surface area contributed by atoms with Gasteiger partial charge in [-0.05, 0) is 241 Å². The van der Waals surface area contributed by atoms with Gasteiger partial charge in [-0.1, -0.05) is 32.4 Å². The van der Waals surface area contributed by atoms with Crippen LogP contribution in [0.3, 0.4) is 0 Å². The molecule has 4 aromatic carbocycles. The highest BCUT2D eigenvalue weighted by atomic mass is 35.5. The van der Waals surface area contributed by atoms with Gasteiger partial charge >= 0.3 is 6.18 Å². The largest absolute Gasteiger partial charge is 0.495 e. The SMILES string of the molecule is CCC(=O)c1ccc2n1CCN(C)C21CCN(C(=O)c2ccc(OC(C)C)c(OC)c2)CC1.CCCOc1cc(C(=O)N2CCC3(CC2)c2ccc(C(C)=O)n2CCN3C)ccc1OC.CC[C@H](C)Oc1ccc(C(=O)N2CCC3(CC2)c2ccc(C(C)=O)n2CCN3C)cc1OC.COc1ccc(C(=O)N2CCC3(CC2)c2ccc(C(=O)C(F)(F)F)n2C[C@H](C)N3C)cc1Cl.[HH]. The van der Waals surface area contributed by atoms with Gasteiger partial charge in [0, 0.05) is 171 Å². The maximum absolute atomic E-state index is 13.3. The first-order chi connectivity index (χ1) is 62.5. The molecule has 2 atom stereocenters. The number of ether oxygens (including phenoxy) is 7. The lowest BCUT2D eigenvalue weighted by atomic mass is 9.80. The summed E-state index contributed by atoms with van der Waals surface area (Å²) in [6, 6.07) is 36.1. The van der Waals surface area contributed by atoms with E-state index in [1.54, 1.807) is 94.7 Å². The van der Waals surface area contributed by atoms with Gasteiger partial charge in [0.15, 0.2) is 51.8 Å². The lowest BCUT2D eigenvalue weighted by Gasteiger charge is -2.53. The summed E-state index contributed by atoms with van der Waals surface area (Å²) in [6.07, 6.45) is 3.57. The number of ketones is 4. The number of likely N-dealkylation sites (N-methyl/N-ethyl adjacent to an activating group) is 4. The Morgan fingerprint density at radius 2 is 0.763 bits per heavy atom. The molecule has 4 saturated heterocycles. The van der Waals surface area contributed by atoms with Crippen LogP contribution in [0.2, 0.25) is 5.02 Å². The van der Waals surface area contributed by atoms with E-state index in [2.05, 4.69) is 79.6 Å². The smallest absolute Gasteiger partial charge is 0.456 e. The monoisotopic (exact) mass is 1830 g/mol. The molecular formula is C100H130ClF3N12O15. The van der Waals surface area contributed by atoms with Gasteiger partial charge < -0.3 is 71.0 Å². The number of piperidine rings is 4. The van der Waals surface area contributed by atoms with Crippen LogP contribution in [0.1, 0.15) is 241 Å². The van der Waals surface area contributed by atoms with E-state index in [1.807, 2.05) is 106 Å². The first-order valence-corrected chi connectivity index (χ1v) is 46.2. The molecule has 0 unspecified atom stereocenters. The second kappa shape index (κ2) is 40.7. The van der Waals surface area contributed by atoms with Crippen LogP contribution in [0.4, 0.5) is 13.2 Å². The standard InChI is InChI=1S/2C26H35N3O4.C25H33N3O4.C23H25ClF3N3O3.H2/c1-6-18(2)33-22-9-7-20(17-23(22)32-5)25(31)28-13-11-26(12-14-28)24-10-8-21(19(3)30)29(24)16-15-27(26)4;1-6-21(30)20-8-10-24-26(27(4)15-16-29(20)24)11-13-28(14-12-26)25(31)19-7-9-22(33-18(2)3)23(17-19)32-5;1-5-16-32-22-17-19(6-8-21(22)31-4)24(30)27-12-10-25(11-13-27)23-9-7-20(18(2)29)28(23)15-14-26(25)3;1-14-13-30-17(20(31)23(25,26)27)5-7-19(30)22(28(14)2)8-10-29(11-9-22)21(32)15-4-6-18(33-3)16(24)12-15;/h2*7-10,17-18H,6,11-16H2,1-5H3;6-9,17H,5,10-16H2,1-4H3;4-7,12,14H,8-11,13H2,1-3H3;1H/t18-;;;14-;/m0..0./s1. The van der Waals surface area contributed by atoms with Crippen LogP contribution in [0.15, 0.2) is 121 Å². The zero-order valence-electron chi connectivity index (χ0n) is 78.9. The fourth-order valence-electron chi connectivity index (χ4n) is 20.6. The van der Waals surface area contributed by atoms with Crippen LogP contribution in [0.25, 0.3) is 0 Å². The van der Waals surface area contributed by atoms with E-state index < -0.39 is 17.5 Å². The van der Waals surface area contributed by atoms with Crippen molar-refractivity contribution in [3.63, 3.8) is 0 Å². The number of amides is 4. The average Bonchev–Trinajstić information content (AvgIpc) is 1.50. The van der Waals surface area contributed by atoms with E-state index in [4.69, 9.17) is 44.8 Å². The van der Waals surface area contributed by atoms with Crippen molar-refractivity contribution < 1.29 is 86.1 Å². The Bertz CT molecular complexity index is 5510. The Morgan fingerprint density at radius 3 is 1.12 bits per heavy atom. The van der Waals surface area contributed by atoms with Crippen molar-refractivity contribution in [3.05, 3.63) is 194 Å². The van der Waals surface area contributed by atoms with Crippen LogP contribution in [-0.2, 0) is 48.3 Å². The molecule has 8 aliphatic heterocycles. The normalized spacial score (nSPS) is 18.7. The Balaban J connectivity index is 0.000000158. The van der Waals surface area contributed by atoms with Gasteiger partial charge in [0.2, 0.25) is 0 Å². The van der Waals surface area contributed by atoms with Crippen molar-refractivity contribution in [3.8, 4) is 40.2 Å². The van der Waals surface area contributed by atoms with Gasteiger partial charge in [-0.2, -0.15) is 13.2 Å². The van der Waals surface area contributed by atoms with E-state index in [9.17, 15) is 51.5 Å². The van der Waals surface area contributed by atoms with Crippen LogP contribution in [0.5, 0.6) is 40.2 Å². The summed E-state index contributed by atoms with van der Waals surface area (Å²) < 4.78 is 86.5. The molecule has 4 fully saturated rings. The van der Waals surface area contributed by atoms with E-state index in [1.165, 1.54) is 34.8 Å². The molecule has 0 N–H and O–H groups in total. The minimum Gasteiger partial charge on any atom is -0.495 e. The van der Waals surface area contributed by atoms with Crippen molar-refractivity contribution >= 4 is 58.4 Å². The summed E-state index contributed by atoms with van der Waals surface area (Å²) in [6.45, 7) is 28.0. The molecule has 708 valence electrons. The zero-order chi connectivity index (χ0) is 94.5. The third-order valence-corrected chi connectivity index (χ3v) is 28.8. The summed E-state index contributed by atoms with van der Waals surface area (Å²) in [5, 5.41) is 0.345. The number of carbonyl (C=O) groups is 8. The van der Waals surface area contributed by atoms with Crippen molar-refractivity contribution in [1.82, 2.24) is 57.5 Å². The number of alkyl halides is 3. The van der Waals surface area contributed by atoms with Gasteiger partial charge in [0.1, 0.15) is 5.75 Å². The van der Waals surface area contributed by atoms with E-state index >= 15 is 0 Å². The van der Waals surface area contributed by atoms with Gasteiger partial charge in [0.05, 0.1) is 97.2 Å². The van der Waals surface area contributed by atoms with Crippen molar-refractivity contribution in [2.75, 3.05) is 135 Å². The van der Waals surface area contributed by atoms with Crippen LogP contribution in [0, 0.1) is 0 Å². The number of hydrogen-bond donors (Lipinski definition) is 0. The third-order valence-electron chi connectivity index (χ3n) is 28.5. The average molecular weight is 1830 g/mol. The molecule has 0 aliphatic carbocycles. The number of likely N-dealkylation sites (tertiary alicyclic amines) is 4. The number of carbonyl (C=O) groups excluding carboxylic acids is 8. The second-order valence-electron chi connectivity index (χ2n) is 36.0. The minimum atomic E-state index is -4.93. The number of nitrogens with zero attached hydrogens (tertiary/aromatic N) is 12. The highest BCUT2D eigenvalue weighted by molar-refractivity contribution is 6.32. The quantitative estimate of drug-likeness (QED) is 0.0607. The molecule has 16 rings (SSSR count). The topological polar surface area (TPSA) is 247 Å². The number of fused-ring (bicyclic) bond motifs is 8. The van der Waals surface area contributed by atoms with Crippen LogP contribution < -0.4 is 33.2 Å². The predicted molar refractivity (Wildman–Crippen MR) is 496 cm³/mol. The molecule has 4 aromatic heterocycles. The summed E-state index contributed by atoms with van der Waals surface area (Å²) in [7, 11) is 14.7. The fraction of sp³-hybridized carbons (Fsp3) is 0.520. The predicted octanol–water partition coefficient (Wildman–Crippen LogP) is 16.1. The molecule has 131 heavy (non-hydrogen) atoms. The maximum Gasteiger partial charge on any atom is 0.456 e. The Labute approximate surface area is 773 Å². The number of hydrogen-bond acceptors (Lipinski definition) is 19. The molecule has 0 saturated carbocycles. The molecule has 31 heteroatoms. The lowest BCUT2D eigenvalue weighted by molar-refractivity contribution is -0.0894. The number of halogens is 4. The van der Waals surface area contributed by atoms with Gasteiger partial charge in [0.25, 0.3) is 29.4 Å². The molecular weight excluding hydrogens is 1700 g/mol. The van der Waals surface area contributed by atoms with E-state index in [0.29, 0.717) is 158 Å². The van der Waals surface area contributed by atoms with Crippen LogP contribution >= 0.6 is 11.6 Å². The number of aromatic nitrogens is 4. The highest BCUT2D eigenvalue weighted by Crippen LogP contribution is 2.49. The molecule has 27 nitrogen and oxygen atoms in total. The highest BCUT2D eigenvalue weighted by Gasteiger charge is 2.52. The molecule has 8 aromatic rings. The summed E-state index contributed by atoms with van der Waals surface area (Å²) >= 11 is 6.17. The second-order valence-corrected chi connectivity index (χ2v) is 36.4. The summed E-state index contributed by atoms with van der Waals surface area (Å²) in [4.78, 5) is 118. The number of benzene rings is 4. The van der Waals surface area contributed by atoms with Crippen molar-refractivity contribution in [1.29, 1.82) is 0 Å². The Morgan fingerprint density at radius 1 is 0.420 bits per heavy atom. The molecule has 0 bridgehead atoms. The number of rotatable bonds is 21. The molecule has 4 spiro atoms. The summed E-state index contributed by atoms with van der Waals surface area (Å²) in [5.74, 6) is 2.61. The minimum absolute atomic E-state index is 0. The third kappa shape index (κ3) is 19.4.